The molecule has 0 atom stereocenters. The van der Waals surface area contributed by atoms with Crippen molar-refractivity contribution in [1.82, 2.24) is 0 Å². The van der Waals surface area contributed by atoms with Crippen LogP contribution in [0.15, 0.2) is 52.3 Å². The van der Waals surface area contributed by atoms with E-state index in [1.807, 2.05) is 0 Å². The maximum absolute atomic E-state index is 11.5. The summed E-state index contributed by atoms with van der Waals surface area (Å²) < 4.78 is 68.2. The largest absolute Gasteiger partial charge is 1.00 e. The maximum atomic E-state index is 11.5. The van der Waals surface area contributed by atoms with Gasteiger partial charge in [0.05, 0.1) is 9.79 Å². The minimum Gasteiger partial charge on any atom is -0.744 e. The van der Waals surface area contributed by atoms with Crippen molar-refractivity contribution in [2.24, 2.45) is 0 Å². The predicted molar refractivity (Wildman–Crippen MR) is 92.0 cm³/mol. The van der Waals surface area contributed by atoms with E-state index in [-0.39, 0.29) is 75.9 Å². The molecule has 138 valence electrons. The molecular formula is C16H13NNa2O7S2. The Morgan fingerprint density at radius 3 is 1.86 bits per heavy atom. The van der Waals surface area contributed by atoms with Crippen molar-refractivity contribution < 1.29 is 89.9 Å². The van der Waals surface area contributed by atoms with Gasteiger partial charge in [-0.3, -0.25) is 4.79 Å². The van der Waals surface area contributed by atoms with Crippen LogP contribution in [0.1, 0.15) is 18.1 Å². The standard InChI is InChI=1S/C16H15NO7S2.2Na/c1-11(18)17-14-9-8-13(16(10-14)26(22,23)24)7-6-12-4-2-3-5-15(12)25(19,20)21;;/h2-10H,1H3,(H,17,18)(H,19,20,21)(H,22,23,24);;/q;2*+1/p-2. The summed E-state index contributed by atoms with van der Waals surface area (Å²) in [5.74, 6) is -0.447. The Morgan fingerprint density at radius 2 is 1.36 bits per heavy atom. The van der Waals surface area contributed by atoms with Gasteiger partial charge in [0.15, 0.2) is 0 Å². The summed E-state index contributed by atoms with van der Waals surface area (Å²) in [6, 6.07) is 9.01. The molecule has 0 heterocycles. The monoisotopic (exact) mass is 441 g/mol. The number of amides is 1. The maximum Gasteiger partial charge on any atom is 1.00 e. The number of benzene rings is 2. The fourth-order valence-corrected chi connectivity index (χ4v) is 3.56. The molecule has 1 N–H and O–H groups in total. The summed E-state index contributed by atoms with van der Waals surface area (Å²) in [6.45, 7) is 1.22. The zero-order valence-electron chi connectivity index (χ0n) is 15.4. The summed E-state index contributed by atoms with van der Waals surface area (Å²) in [5, 5.41) is 2.36. The number of nitrogens with one attached hydrogen (secondary N) is 1. The van der Waals surface area contributed by atoms with Gasteiger partial charge in [0.25, 0.3) is 0 Å². The van der Waals surface area contributed by atoms with Crippen LogP contribution in [0.25, 0.3) is 12.2 Å². The fraction of sp³-hybridized carbons (Fsp3) is 0.0625. The summed E-state index contributed by atoms with van der Waals surface area (Å²) in [5.41, 5.74) is 0.140. The first-order chi connectivity index (χ1) is 12.0. The third-order valence-corrected chi connectivity index (χ3v) is 5.04. The first kappa shape index (κ1) is 27.5. The molecule has 0 fully saturated rings. The van der Waals surface area contributed by atoms with Gasteiger partial charge in [0.1, 0.15) is 20.2 Å². The van der Waals surface area contributed by atoms with Gasteiger partial charge < -0.3 is 14.4 Å². The summed E-state index contributed by atoms with van der Waals surface area (Å²) >= 11 is 0. The van der Waals surface area contributed by atoms with Crippen LogP contribution >= 0.6 is 0 Å². The molecule has 8 nitrogen and oxygen atoms in total. The quantitative estimate of drug-likeness (QED) is 0.281. The van der Waals surface area contributed by atoms with E-state index in [9.17, 15) is 30.7 Å². The van der Waals surface area contributed by atoms with Gasteiger partial charge >= 0.3 is 59.1 Å². The van der Waals surface area contributed by atoms with E-state index < -0.39 is 35.9 Å². The van der Waals surface area contributed by atoms with E-state index >= 15 is 0 Å². The van der Waals surface area contributed by atoms with Crippen LogP contribution in [0.2, 0.25) is 0 Å². The first-order valence-corrected chi connectivity index (χ1v) is 9.90. The number of carbonyl (C=O) groups excluding carboxylic acids is 1. The minimum atomic E-state index is -4.87. The molecule has 0 saturated carbocycles. The number of anilines is 1. The Bertz CT molecular complexity index is 1100. The zero-order valence-corrected chi connectivity index (χ0v) is 21.0. The predicted octanol–water partition coefficient (Wildman–Crippen LogP) is -4.37. The second kappa shape index (κ2) is 11.0. The van der Waals surface area contributed by atoms with E-state index in [0.29, 0.717) is 0 Å². The second-order valence-corrected chi connectivity index (χ2v) is 7.91. The smallest absolute Gasteiger partial charge is 0.744 e. The van der Waals surface area contributed by atoms with Gasteiger partial charge in [-0.15, -0.1) is 0 Å². The minimum absolute atomic E-state index is 0. The van der Waals surface area contributed by atoms with Crippen molar-refractivity contribution in [1.29, 1.82) is 0 Å². The molecular weight excluding hydrogens is 428 g/mol. The number of hydrogen-bond acceptors (Lipinski definition) is 7. The van der Waals surface area contributed by atoms with Crippen molar-refractivity contribution in [3.8, 4) is 0 Å². The van der Waals surface area contributed by atoms with Gasteiger partial charge in [-0.05, 0) is 29.3 Å². The molecule has 0 bridgehead atoms. The normalized spacial score (nSPS) is 11.4. The Balaban J connectivity index is 0.00000364. The van der Waals surface area contributed by atoms with Crippen LogP contribution in [-0.4, -0.2) is 31.8 Å². The van der Waals surface area contributed by atoms with Crippen molar-refractivity contribution in [2.75, 3.05) is 5.32 Å². The van der Waals surface area contributed by atoms with Crippen LogP contribution in [0.4, 0.5) is 5.69 Å². The Hall–Kier alpha value is -0.530. The molecule has 0 spiro atoms. The number of hydrogen-bond donors (Lipinski definition) is 1. The van der Waals surface area contributed by atoms with E-state index in [1.165, 1.54) is 49.4 Å². The first-order valence-electron chi connectivity index (χ1n) is 7.09. The Kier molecular flexibility index (Phi) is 10.8. The van der Waals surface area contributed by atoms with Crippen LogP contribution in [0.3, 0.4) is 0 Å². The van der Waals surface area contributed by atoms with Crippen LogP contribution in [-0.2, 0) is 25.0 Å². The van der Waals surface area contributed by atoms with Gasteiger partial charge in [-0.2, -0.15) is 0 Å². The van der Waals surface area contributed by atoms with Gasteiger partial charge in [0.2, 0.25) is 5.91 Å². The van der Waals surface area contributed by atoms with Gasteiger partial charge in [-0.25, -0.2) is 16.8 Å². The average molecular weight is 441 g/mol. The molecule has 1 amide bonds. The van der Waals surface area contributed by atoms with Crippen LogP contribution in [0.5, 0.6) is 0 Å². The van der Waals surface area contributed by atoms with E-state index in [1.54, 1.807) is 0 Å². The molecule has 0 unspecified atom stereocenters. The molecule has 0 radical (unpaired) electrons. The molecule has 0 aliphatic heterocycles. The van der Waals surface area contributed by atoms with E-state index in [2.05, 4.69) is 5.32 Å². The number of rotatable bonds is 5. The fourth-order valence-electron chi connectivity index (χ4n) is 2.20. The molecule has 0 aromatic heterocycles. The van der Waals surface area contributed by atoms with Crippen molar-refractivity contribution in [3.05, 3.63) is 53.6 Å². The van der Waals surface area contributed by atoms with E-state index in [4.69, 9.17) is 0 Å². The molecule has 2 aromatic carbocycles. The molecule has 28 heavy (non-hydrogen) atoms. The number of carbonyl (C=O) groups is 1. The van der Waals surface area contributed by atoms with Gasteiger partial charge in [0, 0.05) is 12.6 Å². The van der Waals surface area contributed by atoms with Crippen molar-refractivity contribution >= 4 is 44.0 Å². The van der Waals surface area contributed by atoms with Crippen LogP contribution < -0.4 is 64.4 Å². The molecule has 0 aliphatic carbocycles. The average Bonchev–Trinajstić information content (AvgIpc) is 2.51. The zero-order chi connectivity index (χ0) is 19.5. The molecule has 12 heteroatoms. The summed E-state index contributed by atoms with van der Waals surface area (Å²) in [4.78, 5) is 9.99. The van der Waals surface area contributed by atoms with Crippen molar-refractivity contribution in [3.63, 3.8) is 0 Å². The summed E-state index contributed by atoms with van der Waals surface area (Å²) in [6.07, 6.45) is 2.42. The molecule has 0 saturated heterocycles. The third-order valence-electron chi connectivity index (χ3n) is 3.23. The van der Waals surface area contributed by atoms with E-state index in [0.717, 1.165) is 12.1 Å². The summed E-state index contributed by atoms with van der Waals surface area (Å²) in [7, 11) is -9.59. The Morgan fingerprint density at radius 1 is 0.857 bits per heavy atom. The Labute approximate surface area is 207 Å². The third kappa shape index (κ3) is 7.71. The van der Waals surface area contributed by atoms with Gasteiger partial charge in [-0.1, -0.05) is 36.4 Å². The topological polar surface area (TPSA) is 144 Å². The SMILES string of the molecule is CC(=O)Nc1ccc(C=Cc2ccccc2S(=O)(=O)[O-])c(S(=O)(=O)[O-])c1.[Na+].[Na+]. The van der Waals surface area contributed by atoms with Crippen LogP contribution in [0, 0.1) is 0 Å². The second-order valence-electron chi connectivity index (χ2n) is 5.21. The molecule has 2 aromatic rings. The van der Waals surface area contributed by atoms with Crippen molar-refractivity contribution in [2.45, 2.75) is 16.7 Å². The molecule has 2 rings (SSSR count). The molecule has 0 aliphatic rings.